The Hall–Kier alpha value is -1.90. The van der Waals surface area contributed by atoms with E-state index in [0.717, 1.165) is 30.5 Å². The van der Waals surface area contributed by atoms with Gasteiger partial charge in [0.25, 0.3) is 0 Å². The molecule has 108 valence electrons. The number of hydrogen-bond donors (Lipinski definition) is 0. The smallest absolute Gasteiger partial charge is 0.238 e. The van der Waals surface area contributed by atoms with Crippen LogP contribution in [0.3, 0.4) is 0 Å². The standard InChI is InChI=1S/C18H19NO2/c1-2-11-5-3-4-6-14(11)19-17(20)15-12-7-8-13(10-9-12)16(15)18(19)21/h3-8,12-13,15-16H,2,9-10H2,1H3/t12-,13+,15+,16-. The van der Waals surface area contributed by atoms with Crippen LogP contribution in [0.5, 0.6) is 0 Å². The van der Waals surface area contributed by atoms with Gasteiger partial charge in [0.05, 0.1) is 17.5 Å². The minimum absolute atomic E-state index is 0.0185. The number of carbonyl (C=O) groups excluding carboxylic acids is 2. The third-order valence-electron chi connectivity index (χ3n) is 5.37. The van der Waals surface area contributed by atoms with Gasteiger partial charge in [0.1, 0.15) is 0 Å². The molecule has 5 rings (SSSR count). The van der Waals surface area contributed by atoms with Gasteiger partial charge in [-0.2, -0.15) is 0 Å². The maximum atomic E-state index is 12.9. The minimum Gasteiger partial charge on any atom is -0.274 e. The molecular weight excluding hydrogens is 262 g/mol. The number of fused-ring (bicyclic) bond motifs is 1. The van der Waals surface area contributed by atoms with Crippen molar-refractivity contribution in [2.75, 3.05) is 4.90 Å². The van der Waals surface area contributed by atoms with Crippen LogP contribution in [0.1, 0.15) is 25.3 Å². The molecule has 1 aromatic carbocycles. The molecule has 1 saturated heterocycles. The van der Waals surface area contributed by atoms with Gasteiger partial charge in [0, 0.05) is 0 Å². The van der Waals surface area contributed by atoms with Gasteiger partial charge in [-0.15, -0.1) is 0 Å². The summed E-state index contributed by atoms with van der Waals surface area (Å²) in [4.78, 5) is 27.2. The van der Waals surface area contributed by atoms with Crippen LogP contribution in [-0.4, -0.2) is 11.8 Å². The van der Waals surface area contributed by atoms with Gasteiger partial charge in [0.2, 0.25) is 11.8 Å². The fourth-order valence-corrected chi connectivity index (χ4v) is 4.34. The molecule has 3 nitrogen and oxygen atoms in total. The number of allylic oxidation sites excluding steroid dienone is 2. The Morgan fingerprint density at radius 2 is 1.57 bits per heavy atom. The number of nitrogens with zero attached hydrogens (tertiary/aromatic N) is 1. The van der Waals surface area contributed by atoms with Crippen LogP contribution in [0, 0.1) is 23.7 Å². The lowest BCUT2D eigenvalue weighted by molar-refractivity contribution is -0.124. The summed E-state index contributed by atoms with van der Waals surface area (Å²) in [5.74, 6) is 0.317. The lowest BCUT2D eigenvalue weighted by atomic mass is 9.63. The van der Waals surface area contributed by atoms with Crippen molar-refractivity contribution in [2.24, 2.45) is 23.7 Å². The summed E-state index contributed by atoms with van der Waals surface area (Å²) < 4.78 is 0. The monoisotopic (exact) mass is 281 g/mol. The Bertz CT molecular complexity index is 616. The van der Waals surface area contributed by atoms with E-state index in [2.05, 4.69) is 19.1 Å². The number of aryl methyl sites for hydroxylation is 1. The van der Waals surface area contributed by atoms with Gasteiger partial charge < -0.3 is 0 Å². The number of benzene rings is 1. The van der Waals surface area contributed by atoms with Crippen LogP contribution in [0.2, 0.25) is 0 Å². The molecule has 21 heavy (non-hydrogen) atoms. The first kappa shape index (κ1) is 12.8. The lowest BCUT2D eigenvalue weighted by Gasteiger charge is -2.38. The van der Waals surface area contributed by atoms with Gasteiger partial charge >= 0.3 is 0 Å². The number of rotatable bonds is 2. The maximum Gasteiger partial charge on any atom is 0.238 e. The lowest BCUT2D eigenvalue weighted by Crippen LogP contribution is -2.38. The Morgan fingerprint density at radius 1 is 1.00 bits per heavy atom. The first-order valence-electron chi connectivity index (χ1n) is 7.86. The van der Waals surface area contributed by atoms with E-state index in [1.54, 1.807) is 0 Å². The fraction of sp³-hybridized carbons (Fsp3) is 0.444. The molecule has 0 spiro atoms. The molecule has 2 fully saturated rings. The second-order valence-electron chi connectivity index (χ2n) is 6.34. The van der Waals surface area contributed by atoms with Gasteiger partial charge in [-0.1, -0.05) is 37.3 Å². The van der Waals surface area contributed by atoms with Crippen LogP contribution in [-0.2, 0) is 16.0 Å². The molecule has 0 unspecified atom stereocenters. The largest absolute Gasteiger partial charge is 0.274 e. The highest BCUT2D eigenvalue weighted by molar-refractivity contribution is 6.22. The van der Waals surface area contributed by atoms with E-state index >= 15 is 0 Å². The molecule has 3 heteroatoms. The molecule has 4 aliphatic rings. The molecule has 1 heterocycles. The molecule has 3 aliphatic carbocycles. The van der Waals surface area contributed by atoms with Gasteiger partial charge in [-0.05, 0) is 42.7 Å². The maximum absolute atomic E-state index is 12.9. The highest BCUT2D eigenvalue weighted by atomic mass is 16.2. The first-order valence-corrected chi connectivity index (χ1v) is 7.86. The number of imide groups is 1. The van der Waals surface area contributed by atoms with Crippen molar-refractivity contribution < 1.29 is 9.59 Å². The van der Waals surface area contributed by atoms with Gasteiger partial charge in [-0.25, -0.2) is 4.90 Å². The Kier molecular flexibility index (Phi) is 2.78. The predicted octanol–water partition coefficient (Wildman–Crippen LogP) is 2.95. The number of carbonyl (C=O) groups is 2. The van der Waals surface area contributed by atoms with Crippen molar-refractivity contribution in [1.29, 1.82) is 0 Å². The average Bonchev–Trinajstić information content (AvgIpc) is 2.82. The fourth-order valence-electron chi connectivity index (χ4n) is 4.34. The number of amides is 2. The van der Waals surface area contributed by atoms with Crippen LogP contribution >= 0.6 is 0 Å². The summed E-state index contributed by atoms with van der Waals surface area (Å²) in [6, 6.07) is 7.78. The molecular formula is C18H19NO2. The van der Waals surface area contributed by atoms with E-state index in [4.69, 9.17) is 0 Å². The molecule has 2 bridgehead atoms. The first-order chi connectivity index (χ1) is 10.2. The SMILES string of the molecule is CCc1ccccc1N1C(=O)[C@@H]2[C@H](C1=O)[C@H]1C=C[C@@H]2CC1. The Morgan fingerprint density at radius 3 is 2.10 bits per heavy atom. The van der Waals surface area contributed by atoms with Crippen LogP contribution in [0.25, 0.3) is 0 Å². The van der Waals surface area contributed by atoms with E-state index in [9.17, 15) is 9.59 Å². The van der Waals surface area contributed by atoms with E-state index in [1.165, 1.54) is 4.90 Å². The molecule has 1 aliphatic heterocycles. The second-order valence-corrected chi connectivity index (χ2v) is 6.34. The van der Waals surface area contributed by atoms with E-state index in [-0.39, 0.29) is 35.5 Å². The molecule has 0 aromatic heterocycles. The van der Waals surface area contributed by atoms with Crippen molar-refractivity contribution >= 4 is 17.5 Å². The highest BCUT2D eigenvalue weighted by Crippen LogP contribution is 2.50. The zero-order valence-electron chi connectivity index (χ0n) is 12.2. The summed E-state index contributed by atoms with van der Waals surface area (Å²) in [6.07, 6.45) is 7.24. The van der Waals surface area contributed by atoms with Crippen molar-refractivity contribution in [1.82, 2.24) is 0 Å². The normalized spacial score (nSPS) is 33.7. The summed E-state index contributed by atoms with van der Waals surface area (Å²) in [5.41, 5.74) is 1.86. The van der Waals surface area contributed by atoms with Crippen LogP contribution in [0.4, 0.5) is 5.69 Å². The molecule has 0 radical (unpaired) electrons. The molecule has 1 aromatic rings. The summed E-state index contributed by atoms with van der Waals surface area (Å²) in [5, 5.41) is 0. The topological polar surface area (TPSA) is 37.4 Å². The third-order valence-corrected chi connectivity index (χ3v) is 5.37. The van der Waals surface area contributed by atoms with Crippen LogP contribution < -0.4 is 4.90 Å². The van der Waals surface area contributed by atoms with Gasteiger partial charge in [0.15, 0.2) is 0 Å². The Labute approximate surface area is 124 Å². The second kappa shape index (κ2) is 4.55. The highest BCUT2D eigenvalue weighted by Gasteiger charge is 2.57. The zero-order chi connectivity index (χ0) is 14.6. The molecule has 1 saturated carbocycles. The molecule has 4 atom stereocenters. The number of hydrogen-bond acceptors (Lipinski definition) is 2. The van der Waals surface area contributed by atoms with E-state index in [0.29, 0.717) is 0 Å². The molecule has 0 N–H and O–H groups in total. The van der Waals surface area contributed by atoms with Crippen molar-refractivity contribution in [3.63, 3.8) is 0 Å². The van der Waals surface area contributed by atoms with Crippen molar-refractivity contribution in [3.8, 4) is 0 Å². The minimum atomic E-state index is -0.119. The average molecular weight is 281 g/mol. The molecule has 2 amide bonds. The van der Waals surface area contributed by atoms with E-state index < -0.39 is 0 Å². The summed E-state index contributed by atoms with van der Waals surface area (Å²) in [7, 11) is 0. The number of para-hydroxylation sites is 1. The quantitative estimate of drug-likeness (QED) is 0.617. The van der Waals surface area contributed by atoms with Crippen molar-refractivity contribution in [3.05, 3.63) is 42.0 Å². The predicted molar refractivity (Wildman–Crippen MR) is 80.6 cm³/mol. The number of anilines is 1. The van der Waals surface area contributed by atoms with Crippen LogP contribution in [0.15, 0.2) is 36.4 Å². The van der Waals surface area contributed by atoms with Gasteiger partial charge in [-0.3, -0.25) is 9.59 Å². The Balaban J connectivity index is 1.79. The van der Waals surface area contributed by atoms with E-state index in [1.807, 2.05) is 24.3 Å². The van der Waals surface area contributed by atoms with Crippen molar-refractivity contribution in [2.45, 2.75) is 26.2 Å². The zero-order valence-corrected chi connectivity index (χ0v) is 12.2. The summed E-state index contributed by atoms with van der Waals surface area (Å²) >= 11 is 0. The third kappa shape index (κ3) is 1.66. The summed E-state index contributed by atoms with van der Waals surface area (Å²) in [6.45, 7) is 2.06.